The van der Waals surface area contributed by atoms with Crippen LogP contribution in [0.2, 0.25) is 0 Å². The van der Waals surface area contributed by atoms with Crippen molar-refractivity contribution in [2.45, 2.75) is 52.7 Å². The Morgan fingerprint density at radius 2 is 2.06 bits per heavy atom. The number of anilines is 2. The van der Waals surface area contributed by atoms with Crippen molar-refractivity contribution in [3.63, 3.8) is 0 Å². The standard InChI is InChI=1S/C36H40N6O5/c1-4-6-29(42(21-30-11-15-45-30)32-18-28(36(43)44)17-24(2)25(32)3)20-41-14-13-40(23-38-41)33-7-5-8-34(39-33)47-22-27-10-9-26(19-37)31-12-16-46-35(27)31/h5-10,17-18,23,30H,4,11-16,20-22H2,1-3H3,(H,43,44)/b29-6+/t30-/m0/s1. The van der Waals surface area contributed by atoms with Crippen LogP contribution in [0, 0.1) is 25.2 Å². The van der Waals surface area contributed by atoms with Crippen LogP contribution in [0.3, 0.4) is 0 Å². The largest absolute Gasteiger partial charge is 0.492 e. The topological polar surface area (TPSA) is 124 Å². The van der Waals surface area contributed by atoms with E-state index >= 15 is 0 Å². The van der Waals surface area contributed by atoms with E-state index in [0.717, 1.165) is 71.1 Å². The van der Waals surface area contributed by atoms with E-state index in [9.17, 15) is 15.2 Å². The van der Waals surface area contributed by atoms with Crippen molar-refractivity contribution in [3.8, 4) is 17.7 Å². The van der Waals surface area contributed by atoms with Gasteiger partial charge in [0, 0.05) is 54.7 Å². The molecule has 2 aromatic carbocycles. The van der Waals surface area contributed by atoms with Gasteiger partial charge in [0.15, 0.2) is 0 Å². The van der Waals surface area contributed by atoms with Gasteiger partial charge in [0.05, 0.1) is 43.0 Å². The van der Waals surface area contributed by atoms with Gasteiger partial charge in [-0.25, -0.2) is 4.79 Å². The number of fused-ring (bicyclic) bond motifs is 1. The molecule has 1 N–H and O–H groups in total. The number of carboxylic acids is 1. The third kappa shape index (κ3) is 7.03. The highest BCUT2D eigenvalue weighted by molar-refractivity contribution is 5.90. The van der Waals surface area contributed by atoms with Crippen LogP contribution >= 0.6 is 0 Å². The molecular weight excluding hydrogens is 596 g/mol. The summed E-state index contributed by atoms with van der Waals surface area (Å²) in [6.07, 6.45) is 6.61. The molecule has 3 aliphatic rings. The SMILES string of the molecule is CC/C=C(\CN1CCN(c2cccc(OCc3ccc(C#N)c4c3OCC4)n2)C=N1)N(C[C@@H]1CCO1)c1cc(C(=O)O)cc(C)c1C. The minimum Gasteiger partial charge on any atom is -0.492 e. The van der Waals surface area contributed by atoms with Gasteiger partial charge < -0.3 is 29.1 Å². The Kier molecular flexibility index (Phi) is 9.59. The first kappa shape index (κ1) is 31.9. The number of ether oxygens (including phenoxy) is 3. The summed E-state index contributed by atoms with van der Waals surface area (Å²) >= 11 is 0. The molecule has 0 spiro atoms. The zero-order valence-corrected chi connectivity index (χ0v) is 27.1. The predicted molar refractivity (Wildman–Crippen MR) is 179 cm³/mol. The number of hydrogen-bond acceptors (Lipinski definition) is 10. The summed E-state index contributed by atoms with van der Waals surface area (Å²) in [6, 6.07) is 15.1. The Hall–Kier alpha value is -5.08. The number of nitrogens with zero attached hydrogens (tertiary/aromatic N) is 6. The van der Waals surface area contributed by atoms with E-state index in [1.807, 2.05) is 54.1 Å². The normalized spacial score (nSPS) is 17.1. The molecule has 47 heavy (non-hydrogen) atoms. The number of aromatic nitrogens is 1. The average Bonchev–Trinajstić information content (AvgIpc) is 3.56. The summed E-state index contributed by atoms with van der Waals surface area (Å²) in [5.41, 5.74) is 6.70. The van der Waals surface area contributed by atoms with Crippen LogP contribution in [0.5, 0.6) is 11.6 Å². The maximum absolute atomic E-state index is 12.0. The highest BCUT2D eigenvalue weighted by Crippen LogP contribution is 2.34. The van der Waals surface area contributed by atoms with E-state index < -0.39 is 5.97 Å². The smallest absolute Gasteiger partial charge is 0.335 e. The average molecular weight is 637 g/mol. The van der Waals surface area contributed by atoms with Gasteiger partial charge in [-0.15, -0.1) is 0 Å². The second kappa shape index (κ2) is 14.1. The molecule has 1 atom stereocenters. The number of benzene rings is 2. The second-order valence-electron chi connectivity index (χ2n) is 12.0. The van der Waals surface area contributed by atoms with Crippen molar-refractivity contribution in [2.75, 3.05) is 49.2 Å². The Morgan fingerprint density at radius 3 is 2.77 bits per heavy atom. The Bertz CT molecular complexity index is 1740. The molecule has 3 aliphatic heterocycles. The molecule has 3 aromatic rings. The lowest BCUT2D eigenvalue weighted by molar-refractivity contribution is -0.0439. The molecule has 0 bridgehead atoms. The van der Waals surface area contributed by atoms with Gasteiger partial charge in [0.25, 0.3) is 0 Å². The maximum atomic E-state index is 12.0. The molecule has 1 aromatic heterocycles. The van der Waals surface area contributed by atoms with E-state index in [4.69, 9.17) is 24.3 Å². The van der Waals surface area contributed by atoms with Gasteiger partial charge in [-0.1, -0.05) is 25.1 Å². The van der Waals surface area contributed by atoms with E-state index in [2.05, 4.69) is 24.0 Å². The zero-order valence-electron chi connectivity index (χ0n) is 27.1. The van der Waals surface area contributed by atoms with Gasteiger partial charge in [0.2, 0.25) is 5.88 Å². The molecular formula is C36H40N6O5. The lowest BCUT2D eigenvalue weighted by atomic mass is 10.0. The summed E-state index contributed by atoms with van der Waals surface area (Å²) in [5.74, 6) is 1.03. The van der Waals surface area contributed by atoms with E-state index in [1.54, 1.807) is 18.5 Å². The number of aryl methyl sites for hydroxylation is 1. The summed E-state index contributed by atoms with van der Waals surface area (Å²) in [4.78, 5) is 20.9. The van der Waals surface area contributed by atoms with Gasteiger partial charge >= 0.3 is 5.97 Å². The van der Waals surface area contributed by atoms with Gasteiger partial charge in [0.1, 0.15) is 24.5 Å². The van der Waals surface area contributed by atoms with Gasteiger partial charge in [-0.3, -0.25) is 5.01 Å². The van der Waals surface area contributed by atoms with Gasteiger partial charge in [-0.05, 0) is 62.1 Å². The lowest BCUT2D eigenvalue weighted by Crippen LogP contribution is -2.44. The van der Waals surface area contributed by atoms with Crippen molar-refractivity contribution in [2.24, 2.45) is 5.10 Å². The Labute approximate surface area is 275 Å². The number of pyridine rings is 1. The summed E-state index contributed by atoms with van der Waals surface area (Å²) in [5, 5.41) is 26.0. The fourth-order valence-corrected chi connectivity index (χ4v) is 6.07. The fourth-order valence-electron chi connectivity index (χ4n) is 6.07. The first-order valence-electron chi connectivity index (χ1n) is 16.1. The van der Waals surface area contributed by atoms with E-state index in [-0.39, 0.29) is 18.3 Å². The number of hydrazone groups is 1. The third-order valence-electron chi connectivity index (χ3n) is 8.88. The fraction of sp³-hybridized carbons (Fsp3) is 0.389. The zero-order chi connectivity index (χ0) is 32.9. The van der Waals surface area contributed by atoms with Crippen molar-refractivity contribution in [1.82, 2.24) is 9.99 Å². The highest BCUT2D eigenvalue weighted by atomic mass is 16.5. The number of carboxylic acid groups (broad SMARTS) is 1. The van der Waals surface area contributed by atoms with Crippen LogP contribution in [-0.2, 0) is 17.8 Å². The monoisotopic (exact) mass is 636 g/mol. The van der Waals surface area contributed by atoms with Crippen molar-refractivity contribution in [1.29, 1.82) is 5.26 Å². The Balaban J connectivity index is 1.15. The first-order valence-corrected chi connectivity index (χ1v) is 16.1. The molecule has 0 saturated carbocycles. The molecule has 1 saturated heterocycles. The number of aromatic carboxylic acids is 1. The first-order chi connectivity index (χ1) is 22.8. The van der Waals surface area contributed by atoms with Crippen LogP contribution < -0.4 is 19.3 Å². The molecule has 0 aliphatic carbocycles. The van der Waals surface area contributed by atoms with Crippen LogP contribution in [0.4, 0.5) is 11.5 Å². The minimum absolute atomic E-state index is 0.0923. The number of rotatable bonds is 12. The Morgan fingerprint density at radius 1 is 1.21 bits per heavy atom. The molecule has 0 unspecified atom stereocenters. The maximum Gasteiger partial charge on any atom is 0.335 e. The molecule has 4 heterocycles. The molecule has 0 amide bonds. The molecule has 6 rings (SSSR count). The third-order valence-corrected chi connectivity index (χ3v) is 8.88. The number of nitriles is 1. The van der Waals surface area contributed by atoms with Gasteiger partial charge in [-0.2, -0.15) is 15.3 Å². The molecule has 1 fully saturated rings. The van der Waals surface area contributed by atoms with Crippen LogP contribution in [0.15, 0.2) is 59.3 Å². The number of carbonyl (C=O) groups is 1. The van der Waals surface area contributed by atoms with Crippen molar-refractivity contribution in [3.05, 3.63) is 87.6 Å². The molecule has 244 valence electrons. The van der Waals surface area contributed by atoms with E-state index in [1.165, 1.54) is 0 Å². The van der Waals surface area contributed by atoms with Crippen LogP contribution in [-0.4, -0.2) is 72.9 Å². The van der Waals surface area contributed by atoms with Crippen molar-refractivity contribution >= 4 is 23.8 Å². The van der Waals surface area contributed by atoms with E-state index in [0.29, 0.717) is 44.2 Å². The molecule has 11 nitrogen and oxygen atoms in total. The summed E-state index contributed by atoms with van der Waals surface area (Å²) in [6.45, 7) is 10.3. The number of allylic oxidation sites excluding steroid dienone is 1. The van der Waals surface area contributed by atoms with Crippen LogP contribution in [0.1, 0.15) is 57.9 Å². The molecule has 11 heteroatoms. The summed E-state index contributed by atoms with van der Waals surface area (Å²) in [7, 11) is 0. The van der Waals surface area contributed by atoms with Crippen LogP contribution in [0.25, 0.3) is 0 Å². The van der Waals surface area contributed by atoms with Crippen molar-refractivity contribution < 1.29 is 24.1 Å². The second-order valence-corrected chi connectivity index (χ2v) is 12.0. The summed E-state index contributed by atoms with van der Waals surface area (Å²) < 4.78 is 17.7. The quantitative estimate of drug-likeness (QED) is 0.275. The highest BCUT2D eigenvalue weighted by Gasteiger charge is 2.27. The minimum atomic E-state index is -0.939. The predicted octanol–water partition coefficient (Wildman–Crippen LogP) is 5.44. The lowest BCUT2D eigenvalue weighted by Gasteiger charge is -2.38. The number of hydrogen-bond donors (Lipinski definition) is 1. The molecule has 0 radical (unpaired) electrons.